The first kappa shape index (κ1) is 70.6. The second-order valence-corrected chi connectivity index (χ2v) is 19.1. The Balaban J connectivity index is 3.97. The van der Waals surface area contributed by atoms with Crippen molar-refractivity contribution in [3.63, 3.8) is 0 Å². The number of carbonyl (C=O) groups excluding carboxylic acids is 7. The SMILES string of the molecule is CC(=O)C(C)CCCCNC(=O)CC[C@H](CC(=O)CC[C@H](NC(=O)COCCOCCCC(=O)COCCOCCNC(=O)CC[C@H](NC(=O)CCCCCCCCCCCCCCC(=O)O)C(=O)O)C(=O)O)C(=O)O. The maximum atomic E-state index is 12.6. The standard InChI is InChI=1S/C53H90N4O19/c1-39(40(2)58)18-15-16-28-54-46(61)26-22-41(51(67)68)36-42(59)23-24-44(52(69)70)57-49(64)38-76-35-32-73-30-17-19-43(60)37-75-34-33-74-31-29-55-47(62)27-25-45(53(71)72)56-48(63)20-13-11-9-7-5-3-4-6-8-10-12-14-21-50(65)66/h39,41,44-45H,3-38H2,1-2H3,(H,54,61)(H,55,62)(H,56,63)(H,57,64)(H,65,66)(H,67,68)(H,69,70)(H,71,72)/t39?,41-,44+,45+/m1/s1. The predicted molar refractivity (Wildman–Crippen MR) is 277 cm³/mol. The molecular formula is C53H90N4O19. The average Bonchev–Trinajstić information content (AvgIpc) is 3.36. The van der Waals surface area contributed by atoms with Crippen LogP contribution in [0.3, 0.4) is 0 Å². The first-order valence-electron chi connectivity index (χ1n) is 27.2. The highest BCUT2D eigenvalue weighted by atomic mass is 16.5. The number of rotatable bonds is 54. The quantitative estimate of drug-likeness (QED) is 0.0382. The van der Waals surface area contributed by atoms with Crippen LogP contribution >= 0.6 is 0 Å². The van der Waals surface area contributed by atoms with Gasteiger partial charge in [-0.25, -0.2) is 9.59 Å². The van der Waals surface area contributed by atoms with Gasteiger partial charge in [0, 0.05) is 70.6 Å². The Morgan fingerprint density at radius 3 is 1.43 bits per heavy atom. The van der Waals surface area contributed by atoms with E-state index in [2.05, 4.69) is 21.3 Å². The van der Waals surface area contributed by atoms with Gasteiger partial charge in [0.05, 0.1) is 39.0 Å². The molecule has 0 aromatic carbocycles. The Morgan fingerprint density at radius 2 is 0.882 bits per heavy atom. The van der Waals surface area contributed by atoms with E-state index in [4.69, 9.17) is 24.1 Å². The number of aliphatic carboxylic acids is 4. The maximum Gasteiger partial charge on any atom is 0.326 e. The number of ketones is 3. The lowest BCUT2D eigenvalue weighted by Crippen LogP contribution is -2.42. The first-order valence-corrected chi connectivity index (χ1v) is 27.2. The highest BCUT2D eigenvalue weighted by Gasteiger charge is 2.26. The number of unbranched alkanes of at least 4 members (excludes halogenated alkanes) is 12. The van der Waals surface area contributed by atoms with Crippen LogP contribution in [0.2, 0.25) is 0 Å². The summed E-state index contributed by atoms with van der Waals surface area (Å²) in [5, 5.41) is 47.4. The van der Waals surface area contributed by atoms with Crippen LogP contribution in [0.4, 0.5) is 0 Å². The topological polar surface area (TPSA) is 354 Å². The molecule has 0 aromatic heterocycles. The van der Waals surface area contributed by atoms with Gasteiger partial charge in [0.25, 0.3) is 0 Å². The normalized spacial score (nSPS) is 12.7. The summed E-state index contributed by atoms with van der Waals surface area (Å²) in [4.78, 5) is 131. The highest BCUT2D eigenvalue weighted by molar-refractivity contribution is 5.87. The molecule has 0 aromatic rings. The number of carbonyl (C=O) groups is 11. The van der Waals surface area contributed by atoms with Crippen LogP contribution in [0.1, 0.15) is 181 Å². The minimum absolute atomic E-state index is 0.00325. The molecule has 436 valence electrons. The van der Waals surface area contributed by atoms with Crippen LogP contribution in [-0.2, 0) is 71.7 Å². The molecule has 4 atom stereocenters. The highest BCUT2D eigenvalue weighted by Crippen LogP contribution is 2.16. The second kappa shape index (κ2) is 46.9. The molecule has 0 rings (SSSR count). The molecule has 0 spiro atoms. The average molecular weight is 1090 g/mol. The van der Waals surface area contributed by atoms with E-state index in [1.807, 2.05) is 6.92 Å². The number of hydrogen-bond donors (Lipinski definition) is 8. The van der Waals surface area contributed by atoms with E-state index in [0.717, 1.165) is 77.0 Å². The summed E-state index contributed by atoms with van der Waals surface area (Å²) in [6, 6.07) is -2.60. The zero-order valence-electron chi connectivity index (χ0n) is 45.2. The van der Waals surface area contributed by atoms with E-state index in [1.165, 1.54) is 6.92 Å². The lowest BCUT2D eigenvalue weighted by atomic mass is 9.94. The van der Waals surface area contributed by atoms with E-state index in [9.17, 15) is 68.1 Å². The first-order chi connectivity index (χ1) is 36.3. The second-order valence-electron chi connectivity index (χ2n) is 19.1. The molecule has 8 N–H and O–H groups in total. The van der Waals surface area contributed by atoms with Crippen LogP contribution in [0, 0.1) is 11.8 Å². The van der Waals surface area contributed by atoms with Crippen LogP contribution in [0.25, 0.3) is 0 Å². The van der Waals surface area contributed by atoms with E-state index in [1.54, 1.807) is 0 Å². The Morgan fingerprint density at radius 1 is 0.395 bits per heavy atom. The molecule has 0 radical (unpaired) electrons. The predicted octanol–water partition coefficient (Wildman–Crippen LogP) is 4.72. The third kappa shape index (κ3) is 43.8. The molecule has 0 saturated carbocycles. The number of amides is 4. The Kier molecular flexibility index (Phi) is 43.5. The molecule has 0 aliphatic carbocycles. The van der Waals surface area contributed by atoms with Gasteiger partial charge in [-0.3, -0.25) is 43.2 Å². The summed E-state index contributed by atoms with van der Waals surface area (Å²) < 4.78 is 21.4. The summed E-state index contributed by atoms with van der Waals surface area (Å²) in [5.41, 5.74) is 0. The van der Waals surface area contributed by atoms with Crippen molar-refractivity contribution in [3.8, 4) is 0 Å². The Labute approximate surface area is 447 Å². The summed E-state index contributed by atoms with van der Waals surface area (Å²) in [6.07, 6.45) is 13.9. The maximum absolute atomic E-state index is 12.6. The smallest absolute Gasteiger partial charge is 0.326 e. The van der Waals surface area contributed by atoms with Gasteiger partial charge in [-0.15, -0.1) is 0 Å². The van der Waals surface area contributed by atoms with Crippen molar-refractivity contribution in [1.82, 2.24) is 21.3 Å². The minimum atomic E-state index is -1.42. The van der Waals surface area contributed by atoms with Gasteiger partial charge in [-0.05, 0) is 58.3 Å². The van der Waals surface area contributed by atoms with Crippen LogP contribution in [0.15, 0.2) is 0 Å². The van der Waals surface area contributed by atoms with Crippen LogP contribution in [-0.4, -0.2) is 163 Å². The number of ether oxygens (including phenoxy) is 4. The molecule has 1 unspecified atom stereocenters. The molecule has 4 amide bonds. The van der Waals surface area contributed by atoms with Gasteiger partial charge < -0.3 is 60.6 Å². The zero-order chi connectivity index (χ0) is 56.8. The number of Topliss-reactive ketones (excluding diaryl/α,β-unsaturated/α-hetero) is 3. The summed E-state index contributed by atoms with van der Waals surface area (Å²) in [7, 11) is 0. The van der Waals surface area contributed by atoms with Crippen LogP contribution < -0.4 is 21.3 Å². The summed E-state index contributed by atoms with van der Waals surface area (Å²) >= 11 is 0. The lowest BCUT2D eigenvalue weighted by Gasteiger charge is -2.15. The molecule has 0 heterocycles. The monoisotopic (exact) mass is 1090 g/mol. The van der Waals surface area contributed by atoms with Gasteiger partial charge in [0.2, 0.25) is 23.6 Å². The number of hydrogen-bond acceptors (Lipinski definition) is 15. The van der Waals surface area contributed by atoms with Crippen molar-refractivity contribution in [3.05, 3.63) is 0 Å². The van der Waals surface area contributed by atoms with Gasteiger partial charge in [-0.2, -0.15) is 0 Å². The number of carboxylic acids is 4. The van der Waals surface area contributed by atoms with Crippen molar-refractivity contribution in [2.24, 2.45) is 11.8 Å². The number of carboxylic acid groups (broad SMARTS) is 4. The fourth-order valence-electron chi connectivity index (χ4n) is 7.60. The molecule has 0 aliphatic heterocycles. The van der Waals surface area contributed by atoms with Crippen LogP contribution in [0.5, 0.6) is 0 Å². The van der Waals surface area contributed by atoms with E-state index >= 15 is 0 Å². The van der Waals surface area contributed by atoms with E-state index < -0.39 is 66.6 Å². The fourth-order valence-corrected chi connectivity index (χ4v) is 7.60. The third-order valence-corrected chi connectivity index (χ3v) is 12.4. The molecule has 0 saturated heterocycles. The molecular weight excluding hydrogens is 997 g/mol. The minimum Gasteiger partial charge on any atom is -0.481 e. The van der Waals surface area contributed by atoms with Crippen molar-refractivity contribution in [1.29, 1.82) is 0 Å². The largest absolute Gasteiger partial charge is 0.481 e. The lowest BCUT2D eigenvalue weighted by molar-refractivity contribution is -0.145. The van der Waals surface area contributed by atoms with E-state index in [-0.39, 0.29) is 146 Å². The van der Waals surface area contributed by atoms with Gasteiger partial charge in [0.1, 0.15) is 36.9 Å². The molecule has 0 bridgehead atoms. The van der Waals surface area contributed by atoms with Gasteiger partial charge >= 0.3 is 23.9 Å². The Bertz CT molecular complexity index is 1730. The summed E-state index contributed by atoms with van der Waals surface area (Å²) in [6.45, 7) is 4.07. The molecule has 76 heavy (non-hydrogen) atoms. The zero-order valence-corrected chi connectivity index (χ0v) is 45.2. The summed E-state index contributed by atoms with van der Waals surface area (Å²) in [5.74, 6) is -8.24. The molecule has 23 heteroatoms. The third-order valence-electron chi connectivity index (χ3n) is 12.4. The fraction of sp³-hybridized carbons (Fsp3) is 0.792. The number of nitrogens with one attached hydrogen (secondary N) is 4. The molecule has 0 aliphatic rings. The van der Waals surface area contributed by atoms with Crippen molar-refractivity contribution >= 4 is 64.9 Å². The molecule has 0 fully saturated rings. The molecule has 23 nitrogen and oxygen atoms in total. The van der Waals surface area contributed by atoms with Gasteiger partial charge in [0.15, 0.2) is 5.78 Å². The van der Waals surface area contributed by atoms with Crippen molar-refractivity contribution in [2.75, 3.05) is 65.9 Å². The van der Waals surface area contributed by atoms with Gasteiger partial charge in [-0.1, -0.05) is 77.6 Å². The van der Waals surface area contributed by atoms with Crippen molar-refractivity contribution < 1.29 is 92.1 Å². The van der Waals surface area contributed by atoms with Crippen molar-refractivity contribution in [2.45, 2.75) is 193 Å². The van der Waals surface area contributed by atoms with E-state index in [0.29, 0.717) is 32.2 Å². The Hall–Kier alpha value is -5.39.